The van der Waals surface area contributed by atoms with E-state index in [9.17, 15) is 0 Å². The molecule has 96 valence electrons. The number of benzene rings is 1. The van der Waals surface area contributed by atoms with Gasteiger partial charge in [0.1, 0.15) is 6.61 Å². The number of nitrogens with zero attached hydrogens (tertiary/aromatic N) is 3. The highest BCUT2D eigenvalue weighted by atomic mass is 16.5. The minimum Gasteiger partial charge on any atom is -0.377 e. The molecule has 6 heteroatoms. The first kappa shape index (κ1) is 11.6. The van der Waals surface area contributed by atoms with Crippen molar-refractivity contribution in [3.8, 4) is 22.6 Å². The van der Waals surface area contributed by atoms with Crippen LogP contribution in [0.3, 0.4) is 0 Å². The van der Waals surface area contributed by atoms with Crippen LogP contribution in [-0.4, -0.2) is 27.4 Å². The molecule has 0 radical (unpaired) electrons. The van der Waals surface area contributed by atoms with E-state index in [2.05, 4.69) is 20.3 Å². The number of aromatic amines is 1. The van der Waals surface area contributed by atoms with Crippen LogP contribution >= 0.6 is 0 Å². The van der Waals surface area contributed by atoms with E-state index < -0.39 is 0 Å². The first-order chi connectivity index (χ1) is 9.36. The average Bonchev–Trinajstić information content (AvgIpc) is 3.11. The molecule has 0 bridgehead atoms. The van der Waals surface area contributed by atoms with Crippen molar-refractivity contribution in [2.45, 2.75) is 6.61 Å². The third-order valence-corrected chi connectivity index (χ3v) is 2.68. The molecule has 3 aromatic rings. The van der Waals surface area contributed by atoms with Crippen molar-refractivity contribution in [1.29, 1.82) is 0 Å². The molecule has 0 unspecified atom stereocenters. The number of rotatable bonds is 4. The summed E-state index contributed by atoms with van der Waals surface area (Å²) in [6.07, 6.45) is 3.60. The molecule has 0 amide bonds. The van der Waals surface area contributed by atoms with Gasteiger partial charge in [0.2, 0.25) is 0 Å². The van der Waals surface area contributed by atoms with Crippen LogP contribution in [-0.2, 0) is 11.3 Å². The molecule has 19 heavy (non-hydrogen) atoms. The van der Waals surface area contributed by atoms with Crippen LogP contribution in [0.5, 0.6) is 0 Å². The summed E-state index contributed by atoms with van der Waals surface area (Å²) in [5, 5.41) is 10.6. The third kappa shape index (κ3) is 2.38. The minimum atomic E-state index is 0.338. The van der Waals surface area contributed by atoms with Gasteiger partial charge in [-0.25, -0.2) is 0 Å². The number of ether oxygens (including phenoxy) is 1. The molecule has 0 spiro atoms. The fourth-order valence-corrected chi connectivity index (χ4v) is 1.80. The van der Waals surface area contributed by atoms with Gasteiger partial charge in [0.25, 0.3) is 5.89 Å². The Morgan fingerprint density at radius 3 is 2.95 bits per heavy atom. The second kappa shape index (κ2) is 5.03. The van der Waals surface area contributed by atoms with Crippen LogP contribution in [0.1, 0.15) is 5.82 Å². The van der Waals surface area contributed by atoms with Crippen LogP contribution in [0.2, 0.25) is 0 Å². The van der Waals surface area contributed by atoms with Crippen molar-refractivity contribution in [3.63, 3.8) is 0 Å². The Labute approximate surface area is 109 Å². The number of hydrogen-bond donors (Lipinski definition) is 1. The average molecular weight is 256 g/mol. The quantitative estimate of drug-likeness (QED) is 0.774. The van der Waals surface area contributed by atoms with Gasteiger partial charge in [0, 0.05) is 24.4 Å². The normalized spacial score (nSPS) is 10.8. The highest BCUT2D eigenvalue weighted by Crippen LogP contribution is 2.24. The summed E-state index contributed by atoms with van der Waals surface area (Å²) in [6, 6.07) is 7.85. The number of methoxy groups -OCH3 is 1. The van der Waals surface area contributed by atoms with Crippen LogP contribution in [0.4, 0.5) is 0 Å². The minimum absolute atomic E-state index is 0.338. The molecule has 6 nitrogen and oxygen atoms in total. The molecule has 3 rings (SSSR count). The van der Waals surface area contributed by atoms with Crippen LogP contribution < -0.4 is 0 Å². The smallest absolute Gasteiger partial charge is 0.258 e. The SMILES string of the molecule is COCc1noc(-c2cccc(-c3cn[nH]c3)c2)n1. The lowest BCUT2D eigenvalue weighted by Crippen LogP contribution is -1.89. The summed E-state index contributed by atoms with van der Waals surface area (Å²) >= 11 is 0. The second-order valence-corrected chi connectivity index (χ2v) is 4.02. The van der Waals surface area contributed by atoms with E-state index in [4.69, 9.17) is 9.26 Å². The highest BCUT2D eigenvalue weighted by Gasteiger charge is 2.09. The lowest BCUT2D eigenvalue weighted by Gasteiger charge is -1.99. The molecule has 0 aliphatic heterocycles. The maximum atomic E-state index is 5.21. The number of aromatic nitrogens is 4. The van der Waals surface area contributed by atoms with Crippen molar-refractivity contribution >= 4 is 0 Å². The van der Waals surface area contributed by atoms with Crippen LogP contribution in [0.25, 0.3) is 22.6 Å². The summed E-state index contributed by atoms with van der Waals surface area (Å²) in [6.45, 7) is 0.338. The van der Waals surface area contributed by atoms with E-state index in [0.717, 1.165) is 16.7 Å². The lowest BCUT2D eigenvalue weighted by atomic mass is 10.1. The van der Waals surface area contributed by atoms with Gasteiger partial charge in [-0.3, -0.25) is 5.10 Å². The van der Waals surface area contributed by atoms with E-state index in [0.29, 0.717) is 18.3 Å². The fraction of sp³-hybridized carbons (Fsp3) is 0.154. The standard InChI is InChI=1S/C13H12N4O2/c1-18-8-12-16-13(19-17-12)10-4-2-3-9(5-10)11-6-14-15-7-11/h2-7H,8H2,1H3,(H,14,15). The van der Waals surface area contributed by atoms with E-state index in [-0.39, 0.29) is 0 Å². The van der Waals surface area contributed by atoms with Crippen molar-refractivity contribution in [2.24, 2.45) is 0 Å². The molecule has 2 aromatic heterocycles. The molecule has 1 aromatic carbocycles. The topological polar surface area (TPSA) is 76.8 Å². The Morgan fingerprint density at radius 1 is 1.26 bits per heavy atom. The Hall–Kier alpha value is -2.47. The number of H-pyrrole nitrogens is 1. The summed E-state index contributed by atoms with van der Waals surface area (Å²) in [4.78, 5) is 4.27. The zero-order valence-electron chi connectivity index (χ0n) is 10.3. The zero-order chi connectivity index (χ0) is 13.1. The predicted molar refractivity (Wildman–Crippen MR) is 68.0 cm³/mol. The molecule has 0 atom stereocenters. The van der Waals surface area contributed by atoms with Gasteiger partial charge >= 0.3 is 0 Å². The van der Waals surface area contributed by atoms with Gasteiger partial charge in [-0.15, -0.1) is 0 Å². The van der Waals surface area contributed by atoms with E-state index in [1.807, 2.05) is 30.5 Å². The van der Waals surface area contributed by atoms with Gasteiger partial charge in [0.05, 0.1) is 6.20 Å². The Balaban J connectivity index is 1.94. The lowest BCUT2D eigenvalue weighted by molar-refractivity contribution is 0.174. The molecule has 0 saturated heterocycles. The highest BCUT2D eigenvalue weighted by molar-refractivity contribution is 5.68. The third-order valence-electron chi connectivity index (χ3n) is 2.68. The van der Waals surface area contributed by atoms with Crippen molar-refractivity contribution in [2.75, 3.05) is 7.11 Å². The summed E-state index contributed by atoms with van der Waals surface area (Å²) in [7, 11) is 1.59. The first-order valence-corrected chi connectivity index (χ1v) is 5.78. The van der Waals surface area contributed by atoms with E-state index >= 15 is 0 Å². The predicted octanol–water partition coefficient (Wildman–Crippen LogP) is 2.27. The molecule has 0 aliphatic carbocycles. The van der Waals surface area contributed by atoms with Gasteiger partial charge in [-0.2, -0.15) is 10.1 Å². The number of nitrogens with one attached hydrogen (secondary N) is 1. The van der Waals surface area contributed by atoms with Crippen molar-refractivity contribution in [1.82, 2.24) is 20.3 Å². The van der Waals surface area contributed by atoms with E-state index in [1.165, 1.54) is 0 Å². The van der Waals surface area contributed by atoms with Gasteiger partial charge in [-0.1, -0.05) is 17.3 Å². The van der Waals surface area contributed by atoms with E-state index in [1.54, 1.807) is 13.3 Å². The molecule has 0 aliphatic rings. The monoisotopic (exact) mass is 256 g/mol. The Morgan fingerprint density at radius 2 is 2.16 bits per heavy atom. The maximum absolute atomic E-state index is 5.21. The molecule has 0 saturated carbocycles. The Bertz CT molecular complexity index is 661. The van der Waals surface area contributed by atoms with Gasteiger partial charge in [0.15, 0.2) is 5.82 Å². The molecule has 1 N–H and O–H groups in total. The Kier molecular flexibility index (Phi) is 3.07. The first-order valence-electron chi connectivity index (χ1n) is 5.78. The van der Waals surface area contributed by atoms with Gasteiger partial charge in [-0.05, 0) is 17.7 Å². The molecular formula is C13H12N4O2. The summed E-state index contributed by atoms with van der Waals surface area (Å²) in [5.74, 6) is 1.02. The summed E-state index contributed by atoms with van der Waals surface area (Å²) < 4.78 is 10.2. The zero-order valence-corrected chi connectivity index (χ0v) is 10.3. The number of hydrogen-bond acceptors (Lipinski definition) is 5. The molecule has 2 heterocycles. The van der Waals surface area contributed by atoms with Crippen molar-refractivity contribution < 1.29 is 9.26 Å². The molecule has 0 fully saturated rings. The second-order valence-electron chi connectivity index (χ2n) is 4.02. The largest absolute Gasteiger partial charge is 0.377 e. The van der Waals surface area contributed by atoms with Crippen LogP contribution in [0.15, 0.2) is 41.2 Å². The summed E-state index contributed by atoms with van der Waals surface area (Å²) in [5.41, 5.74) is 2.92. The molecular weight excluding hydrogens is 244 g/mol. The fourth-order valence-electron chi connectivity index (χ4n) is 1.80. The van der Waals surface area contributed by atoms with Crippen LogP contribution in [0, 0.1) is 0 Å². The van der Waals surface area contributed by atoms with Gasteiger partial charge < -0.3 is 9.26 Å². The van der Waals surface area contributed by atoms with Crippen molar-refractivity contribution in [3.05, 3.63) is 42.5 Å². The maximum Gasteiger partial charge on any atom is 0.258 e.